The van der Waals surface area contributed by atoms with Crippen molar-refractivity contribution in [2.75, 3.05) is 31.5 Å². The molecule has 1 saturated heterocycles. The molecule has 0 aromatic heterocycles. The van der Waals surface area contributed by atoms with Gasteiger partial charge in [0.2, 0.25) is 10.0 Å². The zero-order valence-electron chi connectivity index (χ0n) is 18.9. The molecule has 10 heteroatoms. The van der Waals surface area contributed by atoms with Gasteiger partial charge in [0.25, 0.3) is 11.8 Å². The Bertz CT molecular complexity index is 1350. The molecule has 1 aliphatic rings. The van der Waals surface area contributed by atoms with Crippen molar-refractivity contribution in [1.29, 1.82) is 0 Å². The van der Waals surface area contributed by atoms with Crippen LogP contribution in [-0.4, -0.2) is 55.6 Å². The summed E-state index contributed by atoms with van der Waals surface area (Å²) >= 11 is 0. The normalized spacial score (nSPS) is 14.5. The molecule has 1 fully saturated rings. The molecule has 3 aromatic carbocycles. The van der Waals surface area contributed by atoms with Crippen molar-refractivity contribution in [2.24, 2.45) is 0 Å². The first-order valence-corrected chi connectivity index (χ1v) is 12.3. The van der Waals surface area contributed by atoms with E-state index in [1.165, 1.54) is 4.90 Å². The number of nitrogens with zero attached hydrogens (tertiary/aromatic N) is 2. The molecule has 3 aromatic rings. The van der Waals surface area contributed by atoms with Crippen molar-refractivity contribution in [3.8, 4) is 0 Å². The monoisotopic (exact) mass is 499 g/mol. The van der Waals surface area contributed by atoms with Crippen LogP contribution in [0.4, 0.5) is 14.5 Å². The fourth-order valence-corrected chi connectivity index (χ4v) is 5.38. The van der Waals surface area contributed by atoms with Gasteiger partial charge in [-0.2, -0.15) is 4.31 Å². The predicted molar refractivity (Wildman–Crippen MR) is 127 cm³/mol. The first kappa shape index (κ1) is 24.5. The van der Waals surface area contributed by atoms with Crippen molar-refractivity contribution < 1.29 is 26.8 Å². The number of amides is 2. The molecule has 1 N–H and O–H groups in total. The quantitative estimate of drug-likeness (QED) is 0.581. The summed E-state index contributed by atoms with van der Waals surface area (Å²) in [4.78, 5) is 26.1. The molecule has 0 spiro atoms. The van der Waals surface area contributed by atoms with Crippen LogP contribution >= 0.6 is 0 Å². The van der Waals surface area contributed by atoms with E-state index in [-0.39, 0.29) is 38.0 Å². The lowest BCUT2D eigenvalue weighted by atomic mass is 10.1. The van der Waals surface area contributed by atoms with Gasteiger partial charge in [0, 0.05) is 43.0 Å². The Morgan fingerprint density at radius 3 is 2.09 bits per heavy atom. The van der Waals surface area contributed by atoms with Gasteiger partial charge in [-0.05, 0) is 48.9 Å². The second-order valence-electron chi connectivity index (χ2n) is 8.10. The number of sulfonamides is 1. The number of hydrogen-bond donors (Lipinski definition) is 1. The highest BCUT2D eigenvalue weighted by Crippen LogP contribution is 2.25. The molecular formula is C25H23F2N3O4S. The van der Waals surface area contributed by atoms with Gasteiger partial charge < -0.3 is 10.2 Å². The van der Waals surface area contributed by atoms with E-state index in [0.29, 0.717) is 16.8 Å². The van der Waals surface area contributed by atoms with Crippen LogP contribution in [0.3, 0.4) is 0 Å². The summed E-state index contributed by atoms with van der Waals surface area (Å²) in [7, 11) is -4.39. The Hall–Kier alpha value is -3.63. The van der Waals surface area contributed by atoms with Gasteiger partial charge in [0.1, 0.15) is 11.6 Å². The van der Waals surface area contributed by atoms with Crippen LogP contribution in [0.15, 0.2) is 71.6 Å². The number of carbonyl (C=O) groups excluding carboxylic acids is 2. The summed E-state index contributed by atoms with van der Waals surface area (Å²) in [6.45, 7) is 1.69. The molecular weight excluding hydrogens is 476 g/mol. The lowest BCUT2D eigenvalue weighted by molar-refractivity contribution is 0.0697. The number of halogens is 2. The molecule has 35 heavy (non-hydrogen) atoms. The van der Waals surface area contributed by atoms with Gasteiger partial charge in [-0.1, -0.05) is 30.3 Å². The first-order valence-electron chi connectivity index (χ1n) is 10.9. The molecule has 1 aliphatic heterocycles. The molecule has 0 aliphatic carbocycles. The maximum Gasteiger partial charge on any atom is 0.255 e. The number of anilines is 1. The Morgan fingerprint density at radius 2 is 1.46 bits per heavy atom. The summed E-state index contributed by atoms with van der Waals surface area (Å²) < 4.78 is 54.6. The largest absolute Gasteiger partial charge is 0.336 e. The Balaban J connectivity index is 1.46. The summed E-state index contributed by atoms with van der Waals surface area (Å²) in [6.07, 6.45) is 0. The van der Waals surface area contributed by atoms with Crippen LogP contribution in [0.25, 0.3) is 0 Å². The number of hydrogen-bond acceptors (Lipinski definition) is 4. The second-order valence-corrected chi connectivity index (χ2v) is 9.97. The van der Waals surface area contributed by atoms with Crippen LogP contribution in [-0.2, 0) is 10.0 Å². The third-order valence-corrected chi connectivity index (χ3v) is 7.76. The van der Waals surface area contributed by atoms with E-state index in [9.17, 15) is 26.8 Å². The van der Waals surface area contributed by atoms with Crippen molar-refractivity contribution in [3.05, 3.63) is 95.1 Å². The van der Waals surface area contributed by atoms with Crippen LogP contribution < -0.4 is 5.32 Å². The van der Waals surface area contributed by atoms with E-state index in [4.69, 9.17) is 0 Å². The molecule has 1 heterocycles. The summed E-state index contributed by atoms with van der Waals surface area (Å²) in [5, 5.41) is 2.81. The predicted octanol–water partition coefficient (Wildman–Crippen LogP) is 3.67. The van der Waals surface area contributed by atoms with Crippen molar-refractivity contribution in [1.82, 2.24) is 9.21 Å². The Labute approximate surface area is 202 Å². The van der Waals surface area contributed by atoms with Crippen LogP contribution in [0.2, 0.25) is 0 Å². The van der Waals surface area contributed by atoms with E-state index in [0.717, 1.165) is 28.1 Å². The summed E-state index contributed by atoms with van der Waals surface area (Å²) in [5.74, 6) is -2.96. The number of aryl methyl sites for hydroxylation is 1. The minimum Gasteiger partial charge on any atom is -0.336 e. The average molecular weight is 500 g/mol. The van der Waals surface area contributed by atoms with Gasteiger partial charge >= 0.3 is 0 Å². The maximum absolute atomic E-state index is 14.1. The molecule has 0 unspecified atom stereocenters. The fraction of sp³-hybridized carbons (Fsp3) is 0.200. The van der Waals surface area contributed by atoms with E-state index in [2.05, 4.69) is 5.32 Å². The molecule has 2 amide bonds. The van der Waals surface area contributed by atoms with Gasteiger partial charge in [-0.3, -0.25) is 9.59 Å². The van der Waals surface area contributed by atoms with Crippen molar-refractivity contribution >= 4 is 27.5 Å². The van der Waals surface area contributed by atoms with Gasteiger partial charge in [0.05, 0.1) is 0 Å². The minimum absolute atomic E-state index is 0.0493. The highest BCUT2D eigenvalue weighted by Gasteiger charge is 2.34. The molecule has 0 radical (unpaired) electrons. The molecule has 182 valence electrons. The fourth-order valence-electron chi connectivity index (χ4n) is 3.85. The zero-order chi connectivity index (χ0) is 25.2. The van der Waals surface area contributed by atoms with Crippen molar-refractivity contribution in [3.63, 3.8) is 0 Å². The molecule has 0 atom stereocenters. The van der Waals surface area contributed by atoms with Crippen LogP contribution in [0.5, 0.6) is 0 Å². The number of benzene rings is 3. The second kappa shape index (κ2) is 9.93. The minimum atomic E-state index is -4.39. The maximum atomic E-state index is 14.1. The third-order valence-electron chi connectivity index (χ3n) is 5.81. The lowest BCUT2D eigenvalue weighted by Gasteiger charge is -2.34. The number of nitrogens with one attached hydrogen (secondary N) is 1. The highest BCUT2D eigenvalue weighted by molar-refractivity contribution is 7.89. The Kier molecular flexibility index (Phi) is 6.95. The zero-order valence-corrected chi connectivity index (χ0v) is 19.7. The molecule has 0 bridgehead atoms. The number of rotatable bonds is 5. The van der Waals surface area contributed by atoms with Gasteiger partial charge in [-0.25, -0.2) is 17.2 Å². The lowest BCUT2D eigenvalue weighted by Crippen LogP contribution is -2.50. The van der Waals surface area contributed by atoms with E-state index in [1.807, 2.05) is 0 Å². The smallest absolute Gasteiger partial charge is 0.255 e. The number of piperazine rings is 1. The molecule has 7 nitrogen and oxygen atoms in total. The van der Waals surface area contributed by atoms with Crippen LogP contribution in [0, 0.1) is 18.6 Å². The van der Waals surface area contributed by atoms with Gasteiger partial charge in [0.15, 0.2) is 4.90 Å². The SMILES string of the molecule is Cc1ccc(C(=O)N2CCN(S(=O)(=O)c3c(F)cccc3F)CC2)cc1NC(=O)c1ccccc1. The average Bonchev–Trinajstić information content (AvgIpc) is 2.85. The van der Waals surface area contributed by atoms with Gasteiger partial charge in [-0.15, -0.1) is 0 Å². The Morgan fingerprint density at radius 1 is 0.829 bits per heavy atom. The standard InChI is InChI=1S/C25H23F2N3O4S/c1-17-10-11-19(16-22(17)28-24(31)18-6-3-2-4-7-18)25(32)29-12-14-30(15-13-29)35(33,34)23-20(26)8-5-9-21(23)27/h2-11,16H,12-15H2,1H3,(H,28,31). The topological polar surface area (TPSA) is 86.8 Å². The summed E-state index contributed by atoms with van der Waals surface area (Å²) in [5.41, 5.74) is 2.07. The van der Waals surface area contributed by atoms with Crippen LogP contribution in [0.1, 0.15) is 26.3 Å². The van der Waals surface area contributed by atoms with E-state index in [1.54, 1.807) is 55.5 Å². The van der Waals surface area contributed by atoms with E-state index < -0.39 is 26.6 Å². The summed E-state index contributed by atoms with van der Waals surface area (Å²) in [6, 6.07) is 16.5. The highest BCUT2D eigenvalue weighted by atomic mass is 32.2. The van der Waals surface area contributed by atoms with Crippen molar-refractivity contribution in [2.45, 2.75) is 11.8 Å². The first-order chi connectivity index (χ1) is 16.7. The van der Waals surface area contributed by atoms with E-state index >= 15 is 0 Å². The molecule has 0 saturated carbocycles. The molecule has 4 rings (SSSR count). The number of carbonyl (C=O) groups is 2. The third kappa shape index (κ3) is 5.08.